The molecule has 0 atom stereocenters. The van der Waals surface area contributed by atoms with Gasteiger partial charge in [0.25, 0.3) is 0 Å². The van der Waals surface area contributed by atoms with Gasteiger partial charge >= 0.3 is 0 Å². The summed E-state index contributed by atoms with van der Waals surface area (Å²) in [6.45, 7) is 7.08. The molecule has 3 aromatic rings. The van der Waals surface area contributed by atoms with Crippen LogP contribution in [0.1, 0.15) is 22.5 Å². The van der Waals surface area contributed by atoms with Crippen molar-refractivity contribution in [1.82, 2.24) is 25.3 Å². The molecule has 1 aromatic carbocycles. The van der Waals surface area contributed by atoms with E-state index in [0.717, 1.165) is 28.3 Å². The molecule has 0 radical (unpaired) electrons. The predicted molar refractivity (Wildman–Crippen MR) is 112 cm³/mol. The van der Waals surface area contributed by atoms with E-state index in [0.29, 0.717) is 31.1 Å². The lowest BCUT2D eigenvalue weighted by molar-refractivity contribution is -0.120. The summed E-state index contributed by atoms with van der Waals surface area (Å²) < 4.78 is 6.91. The van der Waals surface area contributed by atoms with E-state index in [9.17, 15) is 4.79 Å². The van der Waals surface area contributed by atoms with Crippen molar-refractivity contribution in [2.75, 3.05) is 25.5 Å². The van der Waals surface area contributed by atoms with E-state index in [4.69, 9.17) is 4.74 Å². The van der Waals surface area contributed by atoms with Crippen molar-refractivity contribution in [2.24, 2.45) is 0 Å². The molecule has 3 rings (SSSR count). The topological polar surface area (TPSA) is 94.0 Å². The molecule has 0 saturated carbocycles. The minimum atomic E-state index is -0.0294. The van der Waals surface area contributed by atoms with Crippen molar-refractivity contribution < 1.29 is 9.53 Å². The van der Waals surface area contributed by atoms with E-state index in [1.54, 1.807) is 11.8 Å². The summed E-state index contributed by atoms with van der Waals surface area (Å²) in [5, 5.41) is 19.0. The predicted octanol–water partition coefficient (Wildman–Crippen LogP) is 2.37. The lowest BCUT2D eigenvalue weighted by Crippen LogP contribution is -2.30. The average molecular weight is 394 g/mol. The fourth-order valence-corrected chi connectivity index (χ4v) is 2.86. The fourth-order valence-electron chi connectivity index (χ4n) is 2.86. The Morgan fingerprint density at radius 1 is 1.03 bits per heavy atom. The molecule has 2 N–H and O–H groups in total. The molecule has 0 fully saturated rings. The molecule has 8 nitrogen and oxygen atoms in total. The van der Waals surface area contributed by atoms with Gasteiger partial charge in [0.1, 0.15) is 11.6 Å². The van der Waals surface area contributed by atoms with Crippen LogP contribution in [0.4, 0.5) is 5.82 Å². The second-order valence-corrected chi connectivity index (χ2v) is 6.79. The third-order valence-corrected chi connectivity index (χ3v) is 4.80. The van der Waals surface area contributed by atoms with Crippen LogP contribution in [0, 0.1) is 20.8 Å². The van der Waals surface area contributed by atoms with Gasteiger partial charge in [-0.25, -0.2) is 4.68 Å². The zero-order chi connectivity index (χ0) is 20.8. The number of ether oxygens (including phenoxy) is 1. The van der Waals surface area contributed by atoms with Gasteiger partial charge in [-0.2, -0.15) is 5.10 Å². The number of carbonyl (C=O) groups is 1. The number of hydrogen-bond acceptors (Lipinski definition) is 6. The number of anilines is 1. The molecule has 0 saturated heterocycles. The lowest BCUT2D eigenvalue weighted by atomic mass is 10.1. The molecule has 0 bridgehead atoms. The summed E-state index contributed by atoms with van der Waals surface area (Å²) >= 11 is 0. The Kier molecular flexibility index (Phi) is 6.43. The quantitative estimate of drug-likeness (QED) is 0.570. The summed E-state index contributed by atoms with van der Waals surface area (Å²) in [4.78, 5) is 12.0. The smallest absolute Gasteiger partial charge is 0.224 e. The van der Waals surface area contributed by atoms with Gasteiger partial charge in [0.05, 0.1) is 19.2 Å². The average Bonchev–Trinajstić information content (AvgIpc) is 2.99. The first kappa shape index (κ1) is 20.3. The van der Waals surface area contributed by atoms with Crippen LogP contribution in [0.25, 0.3) is 5.82 Å². The highest BCUT2D eigenvalue weighted by molar-refractivity contribution is 5.78. The SMILES string of the molecule is COc1ccc(CC(=O)NCCNc2ccc(-n3nc(C)c(C)c3C)nn2)cc1. The molecule has 2 aromatic heterocycles. The molecule has 152 valence electrons. The minimum absolute atomic E-state index is 0.0294. The number of amides is 1. The third kappa shape index (κ3) is 5.10. The van der Waals surface area contributed by atoms with Crippen LogP contribution in [-0.2, 0) is 11.2 Å². The standard InChI is InChI=1S/C21H26N6O2/c1-14-15(2)26-27(16(14)3)20-10-9-19(24-25-20)22-11-12-23-21(28)13-17-5-7-18(29-4)8-6-17/h5-10H,11-13H2,1-4H3,(H,22,24)(H,23,28). The Bertz CT molecular complexity index is 964. The van der Waals surface area contributed by atoms with E-state index in [-0.39, 0.29) is 5.91 Å². The molecule has 8 heteroatoms. The highest BCUT2D eigenvalue weighted by Crippen LogP contribution is 2.15. The van der Waals surface area contributed by atoms with E-state index in [2.05, 4.69) is 25.9 Å². The number of nitrogens with one attached hydrogen (secondary N) is 2. The van der Waals surface area contributed by atoms with Crippen molar-refractivity contribution in [1.29, 1.82) is 0 Å². The molecule has 0 spiro atoms. The third-order valence-electron chi connectivity index (χ3n) is 4.80. The molecule has 0 unspecified atom stereocenters. The summed E-state index contributed by atoms with van der Waals surface area (Å²) in [6, 6.07) is 11.2. The number of carbonyl (C=O) groups excluding carboxylic acids is 1. The van der Waals surface area contributed by atoms with Crippen molar-refractivity contribution in [3.63, 3.8) is 0 Å². The fraction of sp³-hybridized carbons (Fsp3) is 0.333. The number of rotatable bonds is 8. The second-order valence-electron chi connectivity index (χ2n) is 6.79. The first-order valence-electron chi connectivity index (χ1n) is 9.48. The van der Waals surface area contributed by atoms with Crippen molar-refractivity contribution in [2.45, 2.75) is 27.2 Å². The number of nitrogens with zero attached hydrogens (tertiary/aromatic N) is 4. The van der Waals surface area contributed by atoms with Crippen LogP contribution in [-0.4, -0.2) is 46.1 Å². The Morgan fingerprint density at radius 3 is 2.38 bits per heavy atom. The molecule has 0 aliphatic rings. The molecular formula is C21H26N6O2. The second kappa shape index (κ2) is 9.18. The Labute approximate surface area is 170 Å². The molecule has 1 amide bonds. The Hall–Kier alpha value is -3.42. The minimum Gasteiger partial charge on any atom is -0.497 e. The first-order chi connectivity index (χ1) is 14.0. The molecule has 0 aliphatic carbocycles. The van der Waals surface area contributed by atoms with Gasteiger partial charge in [0, 0.05) is 18.8 Å². The zero-order valence-electron chi connectivity index (χ0n) is 17.2. The number of hydrogen-bond donors (Lipinski definition) is 2. The highest BCUT2D eigenvalue weighted by Gasteiger charge is 2.10. The van der Waals surface area contributed by atoms with Crippen molar-refractivity contribution in [3.05, 3.63) is 58.9 Å². The number of aromatic nitrogens is 4. The van der Waals surface area contributed by atoms with Gasteiger partial charge in [0.2, 0.25) is 5.91 Å². The van der Waals surface area contributed by atoms with Gasteiger partial charge in [-0.3, -0.25) is 4.79 Å². The van der Waals surface area contributed by atoms with Crippen LogP contribution in [0.2, 0.25) is 0 Å². The summed E-state index contributed by atoms with van der Waals surface area (Å²) in [6.07, 6.45) is 0.334. The normalized spacial score (nSPS) is 10.6. The highest BCUT2D eigenvalue weighted by atomic mass is 16.5. The Morgan fingerprint density at radius 2 is 1.79 bits per heavy atom. The van der Waals surface area contributed by atoms with Crippen LogP contribution >= 0.6 is 0 Å². The largest absolute Gasteiger partial charge is 0.497 e. The zero-order valence-corrected chi connectivity index (χ0v) is 17.2. The molecular weight excluding hydrogens is 368 g/mol. The van der Waals surface area contributed by atoms with E-state index in [1.807, 2.05) is 57.2 Å². The number of methoxy groups -OCH3 is 1. The van der Waals surface area contributed by atoms with Gasteiger partial charge in [0.15, 0.2) is 5.82 Å². The van der Waals surface area contributed by atoms with Gasteiger partial charge in [-0.05, 0) is 56.2 Å². The summed E-state index contributed by atoms with van der Waals surface area (Å²) in [5.74, 6) is 2.07. The maximum Gasteiger partial charge on any atom is 0.224 e. The Balaban J connectivity index is 1.44. The maximum absolute atomic E-state index is 12.0. The number of benzene rings is 1. The summed E-state index contributed by atoms with van der Waals surface area (Å²) in [7, 11) is 1.62. The van der Waals surface area contributed by atoms with Gasteiger partial charge in [-0.1, -0.05) is 12.1 Å². The molecule has 0 aliphatic heterocycles. The van der Waals surface area contributed by atoms with Crippen LogP contribution in [0.3, 0.4) is 0 Å². The van der Waals surface area contributed by atoms with Gasteiger partial charge < -0.3 is 15.4 Å². The first-order valence-corrected chi connectivity index (χ1v) is 9.48. The van der Waals surface area contributed by atoms with Crippen LogP contribution in [0.15, 0.2) is 36.4 Å². The van der Waals surface area contributed by atoms with E-state index in [1.165, 1.54) is 0 Å². The maximum atomic E-state index is 12.0. The molecule has 2 heterocycles. The monoisotopic (exact) mass is 394 g/mol. The van der Waals surface area contributed by atoms with Gasteiger partial charge in [-0.15, -0.1) is 10.2 Å². The van der Waals surface area contributed by atoms with E-state index >= 15 is 0 Å². The van der Waals surface area contributed by atoms with Crippen molar-refractivity contribution >= 4 is 11.7 Å². The van der Waals surface area contributed by atoms with Crippen LogP contribution in [0.5, 0.6) is 5.75 Å². The van der Waals surface area contributed by atoms with Crippen LogP contribution < -0.4 is 15.4 Å². The summed E-state index contributed by atoms with van der Waals surface area (Å²) in [5.41, 5.74) is 4.13. The van der Waals surface area contributed by atoms with E-state index < -0.39 is 0 Å². The lowest BCUT2D eigenvalue weighted by Gasteiger charge is -2.08. The van der Waals surface area contributed by atoms with Crippen molar-refractivity contribution in [3.8, 4) is 11.6 Å². The number of aryl methyl sites for hydroxylation is 1. The molecule has 29 heavy (non-hydrogen) atoms.